The Balaban J connectivity index is 1.83. The molecule has 0 aliphatic carbocycles. The van der Waals surface area contributed by atoms with Gasteiger partial charge in [-0.05, 0) is 77.7 Å². The molecule has 1 aliphatic rings. The average Bonchev–Trinajstić information content (AvgIpc) is 2.65. The standard InChI is InChI=1S/C24H34N2O3S/c1-18-6-11-22(30(27,28)26-23(2,3)4)21(16-18)20-9-7-19(8-10-20)17-29-24(5)12-14-25-15-13-24/h6-11,16,25-26H,12-15,17H2,1-5H3. The molecule has 0 aromatic heterocycles. The highest BCUT2D eigenvalue weighted by Gasteiger charge is 2.27. The summed E-state index contributed by atoms with van der Waals surface area (Å²) in [5.41, 5.74) is 3.07. The molecule has 30 heavy (non-hydrogen) atoms. The minimum Gasteiger partial charge on any atom is -0.371 e. The minimum atomic E-state index is -3.64. The van der Waals surface area contributed by atoms with Crippen molar-refractivity contribution < 1.29 is 13.2 Å². The highest BCUT2D eigenvalue weighted by atomic mass is 32.2. The van der Waals surface area contributed by atoms with Gasteiger partial charge in [-0.1, -0.05) is 42.0 Å². The minimum absolute atomic E-state index is 0.0830. The Morgan fingerprint density at radius 2 is 1.70 bits per heavy atom. The topological polar surface area (TPSA) is 67.4 Å². The van der Waals surface area contributed by atoms with E-state index in [1.54, 1.807) is 6.07 Å². The molecule has 2 aromatic carbocycles. The first-order chi connectivity index (χ1) is 14.0. The zero-order valence-electron chi connectivity index (χ0n) is 18.7. The molecular weight excluding hydrogens is 396 g/mol. The molecule has 1 heterocycles. The Labute approximate surface area is 181 Å². The summed E-state index contributed by atoms with van der Waals surface area (Å²) < 4.78 is 35.0. The number of piperidine rings is 1. The lowest BCUT2D eigenvalue weighted by Crippen LogP contribution is -2.41. The van der Waals surface area contributed by atoms with Crippen molar-refractivity contribution in [1.29, 1.82) is 0 Å². The lowest BCUT2D eigenvalue weighted by molar-refractivity contribution is -0.0621. The maximum absolute atomic E-state index is 13.0. The lowest BCUT2D eigenvalue weighted by atomic mass is 9.94. The van der Waals surface area contributed by atoms with E-state index < -0.39 is 15.6 Å². The van der Waals surface area contributed by atoms with Crippen LogP contribution in [-0.4, -0.2) is 32.6 Å². The zero-order valence-corrected chi connectivity index (χ0v) is 19.5. The maximum atomic E-state index is 13.0. The van der Waals surface area contributed by atoms with Crippen molar-refractivity contribution in [3.05, 3.63) is 53.6 Å². The maximum Gasteiger partial charge on any atom is 0.241 e. The molecule has 0 amide bonds. The second-order valence-electron chi connectivity index (χ2n) is 9.54. The number of aryl methyl sites for hydroxylation is 1. The zero-order chi connectivity index (χ0) is 22.0. The highest BCUT2D eigenvalue weighted by molar-refractivity contribution is 7.89. The van der Waals surface area contributed by atoms with Crippen molar-refractivity contribution in [3.63, 3.8) is 0 Å². The fourth-order valence-corrected chi connectivity index (χ4v) is 5.33. The van der Waals surface area contributed by atoms with Crippen LogP contribution in [0.2, 0.25) is 0 Å². The van der Waals surface area contributed by atoms with Gasteiger partial charge in [-0.15, -0.1) is 0 Å². The Morgan fingerprint density at radius 1 is 1.07 bits per heavy atom. The van der Waals surface area contributed by atoms with Gasteiger partial charge in [0, 0.05) is 11.1 Å². The van der Waals surface area contributed by atoms with Crippen molar-refractivity contribution in [1.82, 2.24) is 10.0 Å². The van der Waals surface area contributed by atoms with Crippen LogP contribution in [0.5, 0.6) is 0 Å². The summed E-state index contributed by atoms with van der Waals surface area (Å²) in [4.78, 5) is 0.300. The quantitative estimate of drug-likeness (QED) is 0.713. The highest BCUT2D eigenvalue weighted by Crippen LogP contribution is 2.30. The van der Waals surface area contributed by atoms with Crippen molar-refractivity contribution >= 4 is 10.0 Å². The first-order valence-electron chi connectivity index (χ1n) is 10.6. The first-order valence-corrected chi connectivity index (χ1v) is 12.0. The molecule has 0 unspecified atom stereocenters. The molecule has 3 rings (SSSR count). The van der Waals surface area contributed by atoms with Crippen molar-refractivity contribution in [2.75, 3.05) is 13.1 Å². The Bertz CT molecular complexity index is 971. The van der Waals surface area contributed by atoms with Crippen LogP contribution in [0.25, 0.3) is 11.1 Å². The van der Waals surface area contributed by atoms with Crippen LogP contribution >= 0.6 is 0 Å². The van der Waals surface area contributed by atoms with E-state index in [9.17, 15) is 8.42 Å². The summed E-state index contributed by atoms with van der Waals surface area (Å²) >= 11 is 0. The lowest BCUT2D eigenvalue weighted by Gasteiger charge is -2.34. The molecule has 2 N–H and O–H groups in total. The molecule has 5 nitrogen and oxygen atoms in total. The number of sulfonamides is 1. The molecule has 1 saturated heterocycles. The van der Waals surface area contributed by atoms with E-state index in [4.69, 9.17) is 4.74 Å². The van der Waals surface area contributed by atoms with E-state index in [-0.39, 0.29) is 5.60 Å². The van der Waals surface area contributed by atoms with Gasteiger partial charge < -0.3 is 10.1 Å². The number of ether oxygens (including phenoxy) is 1. The van der Waals surface area contributed by atoms with Gasteiger partial charge in [-0.3, -0.25) is 0 Å². The molecule has 164 valence electrons. The second-order valence-corrected chi connectivity index (χ2v) is 11.2. The van der Waals surface area contributed by atoms with Crippen molar-refractivity contribution in [2.45, 2.75) is 70.1 Å². The van der Waals surface area contributed by atoms with Gasteiger partial charge in [0.2, 0.25) is 10.0 Å². The SMILES string of the molecule is Cc1ccc(S(=O)(=O)NC(C)(C)C)c(-c2ccc(COC3(C)CCNCC3)cc2)c1. The number of rotatable bonds is 6. The second kappa shape index (κ2) is 8.79. The summed E-state index contributed by atoms with van der Waals surface area (Å²) in [5.74, 6) is 0. The van der Waals surface area contributed by atoms with E-state index in [2.05, 4.69) is 17.0 Å². The number of hydrogen-bond acceptors (Lipinski definition) is 4. The molecular formula is C24H34N2O3S. The Hall–Kier alpha value is -1.73. The fraction of sp³-hybridized carbons (Fsp3) is 0.500. The molecule has 0 radical (unpaired) electrons. The normalized spacial score (nSPS) is 17.1. The van der Waals surface area contributed by atoms with Crippen molar-refractivity contribution in [3.8, 4) is 11.1 Å². The average molecular weight is 431 g/mol. The molecule has 1 fully saturated rings. The summed E-state index contributed by atoms with van der Waals surface area (Å²) in [6.45, 7) is 12.2. The van der Waals surface area contributed by atoms with Gasteiger partial charge in [0.15, 0.2) is 0 Å². The van der Waals surface area contributed by atoms with Gasteiger partial charge in [0.25, 0.3) is 0 Å². The monoisotopic (exact) mass is 430 g/mol. The van der Waals surface area contributed by atoms with E-state index in [1.165, 1.54) is 0 Å². The van der Waals surface area contributed by atoms with E-state index in [0.29, 0.717) is 17.1 Å². The van der Waals surface area contributed by atoms with Crippen LogP contribution in [0, 0.1) is 6.92 Å². The molecule has 6 heteroatoms. The van der Waals surface area contributed by atoms with Gasteiger partial charge in [-0.25, -0.2) is 13.1 Å². The summed E-state index contributed by atoms with van der Waals surface area (Å²) in [5, 5.41) is 3.37. The van der Waals surface area contributed by atoms with Crippen molar-refractivity contribution in [2.24, 2.45) is 0 Å². The van der Waals surface area contributed by atoms with Gasteiger partial charge in [0.05, 0.1) is 17.1 Å². The van der Waals surface area contributed by atoms with E-state index in [1.807, 2.05) is 64.1 Å². The van der Waals surface area contributed by atoms with Gasteiger partial charge in [-0.2, -0.15) is 0 Å². The van der Waals surface area contributed by atoms with Gasteiger partial charge >= 0.3 is 0 Å². The first kappa shape index (κ1) is 22.9. The predicted molar refractivity (Wildman–Crippen MR) is 122 cm³/mol. The molecule has 0 saturated carbocycles. The van der Waals surface area contributed by atoms with Gasteiger partial charge in [0.1, 0.15) is 0 Å². The Morgan fingerprint density at radius 3 is 2.30 bits per heavy atom. The predicted octanol–water partition coefficient (Wildman–Crippen LogP) is 4.40. The Kier molecular flexibility index (Phi) is 6.72. The largest absolute Gasteiger partial charge is 0.371 e. The third-order valence-corrected chi connectivity index (χ3v) is 7.19. The molecule has 2 aromatic rings. The molecule has 0 atom stereocenters. The number of hydrogen-bond donors (Lipinski definition) is 2. The molecule has 1 aliphatic heterocycles. The van der Waals surface area contributed by atoms with Crippen LogP contribution in [0.3, 0.4) is 0 Å². The summed E-state index contributed by atoms with van der Waals surface area (Å²) in [7, 11) is -3.64. The smallest absolute Gasteiger partial charge is 0.241 e. The summed E-state index contributed by atoms with van der Waals surface area (Å²) in [6, 6.07) is 13.5. The van der Waals surface area contributed by atoms with E-state index >= 15 is 0 Å². The van der Waals surface area contributed by atoms with Crippen LogP contribution in [0.15, 0.2) is 47.4 Å². The van der Waals surface area contributed by atoms with Crippen LogP contribution in [0.1, 0.15) is 51.7 Å². The molecule has 0 bridgehead atoms. The number of nitrogens with one attached hydrogen (secondary N) is 2. The van der Waals surface area contributed by atoms with Crippen LogP contribution < -0.4 is 10.0 Å². The fourth-order valence-electron chi connectivity index (χ4n) is 3.70. The van der Waals surface area contributed by atoms with Crippen LogP contribution in [0.4, 0.5) is 0 Å². The summed E-state index contributed by atoms with van der Waals surface area (Å²) in [6.07, 6.45) is 2.02. The number of benzene rings is 2. The third-order valence-electron chi connectivity index (χ3n) is 5.38. The van der Waals surface area contributed by atoms with Crippen LogP contribution in [-0.2, 0) is 21.4 Å². The molecule has 0 spiro atoms. The van der Waals surface area contributed by atoms with E-state index in [0.717, 1.165) is 42.6 Å². The third kappa shape index (κ3) is 5.91.